The molecule has 1 fully saturated rings. The summed E-state index contributed by atoms with van der Waals surface area (Å²) in [6.45, 7) is 3.84. The largest absolute Gasteiger partial charge is 0.309 e. The van der Waals surface area contributed by atoms with Crippen LogP contribution in [0.4, 0.5) is 5.82 Å². The molecule has 0 bridgehead atoms. The highest BCUT2D eigenvalue weighted by atomic mass is 16.7. The van der Waals surface area contributed by atoms with Crippen molar-refractivity contribution in [2.75, 3.05) is 25.5 Å². The first-order valence-electron chi connectivity index (χ1n) is 6.84. The van der Waals surface area contributed by atoms with Crippen LogP contribution in [0.15, 0.2) is 6.07 Å². The van der Waals surface area contributed by atoms with Gasteiger partial charge in [-0.2, -0.15) is 10.2 Å². The summed E-state index contributed by atoms with van der Waals surface area (Å²) in [7, 11) is 1.69. The van der Waals surface area contributed by atoms with Crippen molar-refractivity contribution in [3.8, 4) is 0 Å². The molecule has 0 aliphatic carbocycles. The average molecular weight is 266 g/mol. The van der Waals surface area contributed by atoms with Crippen molar-refractivity contribution in [1.29, 1.82) is 0 Å². The monoisotopic (exact) mass is 266 g/mol. The number of nitrogens with zero attached hydrogens (tertiary/aromatic N) is 2. The predicted octanol–water partition coefficient (Wildman–Crippen LogP) is 1.57. The number of aryl methyl sites for hydroxylation is 1. The fourth-order valence-corrected chi connectivity index (χ4v) is 2.36. The molecule has 19 heavy (non-hydrogen) atoms. The fraction of sp³-hybridized carbons (Fsp3) is 0.692. The second-order valence-electron chi connectivity index (χ2n) is 4.94. The van der Waals surface area contributed by atoms with E-state index in [0.717, 1.165) is 38.0 Å². The van der Waals surface area contributed by atoms with Gasteiger partial charge in [0.1, 0.15) is 0 Å². The SMILES string of the molecule is CCc1cc(NC(=O)CC2CCN(OC)CC2)n[nH]1. The number of aromatic amines is 1. The van der Waals surface area contributed by atoms with Gasteiger partial charge in [-0.3, -0.25) is 9.89 Å². The number of hydroxylamine groups is 2. The van der Waals surface area contributed by atoms with Crippen LogP contribution in [0.1, 0.15) is 31.9 Å². The van der Waals surface area contributed by atoms with E-state index < -0.39 is 0 Å². The van der Waals surface area contributed by atoms with Gasteiger partial charge in [-0.25, -0.2) is 0 Å². The lowest BCUT2D eigenvalue weighted by atomic mass is 9.94. The van der Waals surface area contributed by atoms with Gasteiger partial charge in [-0.05, 0) is 25.2 Å². The van der Waals surface area contributed by atoms with Crippen LogP contribution in [0, 0.1) is 5.92 Å². The van der Waals surface area contributed by atoms with Crippen molar-refractivity contribution >= 4 is 11.7 Å². The van der Waals surface area contributed by atoms with Crippen molar-refractivity contribution in [2.24, 2.45) is 5.92 Å². The van der Waals surface area contributed by atoms with Crippen LogP contribution in [-0.4, -0.2) is 41.4 Å². The first kappa shape index (κ1) is 14.0. The molecule has 6 nitrogen and oxygen atoms in total. The summed E-state index contributed by atoms with van der Waals surface area (Å²) in [5, 5.41) is 11.7. The van der Waals surface area contributed by atoms with Gasteiger partial charge < -0.3 is 10.2 Å². The molecule has 1 aliphatic rings. The van der Waals surface area contributed by atoms with E-state index in [-0.39, 0.29) is 5.91 Å². The summed E-state index contributed by atoms with van der Waals surface area (Å²) in [5.74, 6) is 1.11. The van der Waals surface area contributed by atoms with Crippen molar-refractivity contribution in [2.45, 2.75) is 32.6 Å². The Morgan fingerprint density at radius 2 is 2.32 bits per heavy atom. The highest BCUT2D eigenvalue weighted by Crippen LogP contribution is 2.21. The van der Waals surface area contributed by atoms with Gasteiger partial charge in [-0.1, -0.05) is 6.92 Å². The molecule has 6 heteroatoms. The molecule has 0 aromatic carbocycles. The zero-order chi connectivity index (χ0) is 13.7. The van der Waals surface area contributed by atoms with Crippen LogP contribution in [0.25, 0.3) is 0 Å². The first-order valence-corrected chi connectivity index (χ1v) is 6.84. The molecule has 2 N–H and O–H groups in total. The maximum absolute atomic E-state index is 11.9. The minimum atomic E-state index is 0.0463. The van der Waals surface area contributed by atoms with Crippen molar-refractivity contribution in [1.82, 2.24) is 15.3 Å². The minimum absolute atomic E-state index is 0.0463. The van der Waals surface area contributed by atoms with Gasteiger partial charge in [0.15, 0.2) is 5.82 Å². The zero-order valence-corrected chi connectivity index (χ0v) is 11.6. The molecule has 0 spiro atoms. The second kappa shape index (κ2) is 6.68. The lowest BCUT2D eigenvalue weighted by Gasteiger charge is -2.29. The van der Waals surface area contributed by atoms with E-state index in [4.69, 9.17) is 4.84 Å². The molecule has 1 aromatic heterocycles. The molecule has 2 rings (SSSR count). The summed E-state index contributed by atoms with van der Waals surface area (Å²) in [4.78, 5) is 17.1. The van der Waals surface area contributed by atoms with Crippen LogP contribution in [0.2, 0.25) is 0 Å². The maximum atomic E-state index is 11.9. The maximum Gasteiger partial charge on any atom is 0.225 e. The molecular formula is C13H22N4O2. The van der Waals surface area contributed by atoms with Crippen LogP contribution in [0.3, 0.4) is 0 Å². The van der Waals surface area contributed by atoms with E-state index in [9.17, 15) is 4.79 Å². The Bertz CT molecular complexity index is 411. The number of amides is 1. The molecule has 1 amide bonds. The summed E-state index contributed by atoms with van der Waals surface area (Å²) in [6, 6.07) is 1.88. The van der Waals surface area contributed by atoms with Gasteiger partial charge >= 0.3 is 0 Å². The molecule has 1 saturated heterocycles. The summed E-state index contributed by atoms with van der Waals surface area (Å²) in [6.07, 6.45) is 3.45. The number of aromatic nitrogens is 2. The summed E-state index contributed by atoms with van der Waals surface area (Å²) in [5.41, 5.74) is 1.03. The standard InChI is InChI=1S/C13H22N4O2/c1-3-11-9-12(16-15-11)14-13(18)8-10-4-6-17(19-2)7-5-10/h9-10H,3-8H2,1-2H3,(H2,14,15,16,18). The normalized spacial score (nSPS) is 17.6. The van der Waals surface area contributed by atoms with E-state index in [2.05, 4.69) is 15.5 Å². The van der Waals surface area contributed by atoms with Crippen LogP contribution >= 0.6 is 0 Å². The van der Waals surface area contributed by atoms with Gasteiger partial charge in [0, 0.05) is 31.3 Å². The van der Waals surface area contributed by atoms with E-state index in [1.807, 2.05) is 18.1 Å². The molecule has 2 heterocycles. The minimum Gasteiger partial charge on any atom is -0.309 e. The number of carbonyl (C=O) groups is 1. The third-order valence-corrected chi connectivity index (χ3v) is 3.59. The summed E-state index contributed by atoms with van der Waals surface area (Å²) < 4.78 is 0. The number of rotatable bonds is 5. The smallest absolute Gasteiger partial charge is 0.225 e. The third kappa shape index (κ3) is 4.04. The lowest BCUT2D eigenvalue weighted by Crippen LogP contribution is -2.34. The summed E-state index contributed by atoms with van der Waals surface area (Å²) >= 11 is 0. The van der Waals surface area contributed by atoms with Crippen LogP contribution in [-0.2, 0) is 16.1 Å². The second-order valence-corrected chi connectivity index (χ2v) is 4.94. The number of hydrogen-bond donors (Lipinski definition) is 2. The van der Waals surface area contributed by atoms with Crippen molar-refractivity contribution in [3.05, 3.63) is 11.8 Å². The molecular weight excluding hydrogens is 244 g/mol. The highest BCUT2D eigenvalue weighted by molar-refractivity contribution is 5.89. The van der Waals surface area contributed by atoms with Crippen LogP contribution in [0.5, 0.6) is 0 Å². The Morgan fingerprint density at radius 3 is 2.89 bits per heavy atom. The molecule has 1 aliphatic heterocycles. The molecule has 106 valence electrons. The Morgan fingerprint density at radius 1 is 1.58 bits per heavy atom. The average Bonchev–Trinajstić information content (AvgIpc) is 2.87. The number of hydrogen-bond acceptors (Lipinski definition) is 4. The predicted molar refractivity (Wildman–Crippen MR) is 72.5 cm³/mol. The Balaban J connectivity index is 1.75. The number of piperidine rings is 1. The Kier molecular flexibility index (Phi) is 4.93. The van der Waals surface area contributed by atoms with E-state index in [0.29, 0.717) is 18.2 Å². The molecule has 0 saturated carbocycles. The van der Waals surface area contributed by atoms with E-state index >= 15 is 0 Å². The van der Waals surface area contributed by atoms with Gasteiger partial charge in [0.25, 0.3) is 0 Å². The third-order valence-electron chi connectivity index (χ3n) is 3.59. The first-order chi connectivity index (χ1) is 9.21. The number of nitrogens with one attached hydrogen (secondary N) is 2. The van der Waals surface area contributed by atoms with Crippen LogP contribution < -0.4 is 5.32 Å². The Hall–Kier alpha value is -1.40. The molecule has 1 aromatic rings. The number of carbonyl (C=O) groups excluding carboxylic acids is 1. The topological polar surface area (TPSA) is 70.2 Å². The molecule has 0 atom stereocenters. The fourth-order valence-electron chi connectivity index (χ4n) is 2.36. The molecule has 0 radical (unpaired) electrons. The van der Waals surface area contributed by atoms with E-state index in [1.165, 1.54) is 0 Å². The van der Waals surface area contributed by atoms with Crippen molar-refractivity contribution in [3.63, 3.8) is 0 Å². The van der Waals surface area contributed by atoms with Gasteiger partial charge in [0.05, 0.1) is 7.11 Å². The molecule has 0 unspecified atom stereocenters. The Labute approximate surface area is 113 Å². The number of H-pyrrole nitrogens is 1. The zero-order valence-electron chi connectivity index (χ0n) is 11.6. The van der Waals surface area contributed by atoms with Crippen molar-refractivity contribution < 1.29 is 9.63 Å². The van der Waals surface area contributed by atoms with Gasteiger partial charge in [0.2, 0.25) is 5.91 Å². The highest BCUT2D eigenvalue weighted by Gasteiger charge is 2.21. The lowest BCUT2D eigenvalue weighted by molar-refractivity contribution is -0.149. The van der Waals surface area contributed by atoms with Gasteiger partial charge in [-0.15, -0.1) is 0 Å². The number of anilines is 1. The quantitative estimate of drug-likeness (QED) is 0.848. The van der Waals surface area contributed by atoms with E-state index in [1.54, 1.807) is 7.11 Å².